The summed E-state index contributed by atoms with van der Waals surface area (Å²) in [4.78, 5) is 0. The van der Waals surface area contributed by atoms with Crippen LogP contribution in [0.15, 0.2) is 10.6 Å². The molecule has 0 spiro atoms. The average molecular weight is 154 g/mol. The van der Waals surface area contributed by atoms with Crippen LogP contribution in [0.5, 0.6) is 0 Å². The highest BCUT2D eigenvalue weighted by Crippen LogP contribution is 2.25. The molecule has 4 heteroatoms. The summed E-state index contributed by atoms with van der Waals surface area (Å²) in [6.07, 6.45) is 0. The molecular formula is C7H10N2O2. The fraction of sp³-hybridized carbons (Fsp3) is 0.571. The first-order chi connectivity index (χ1) is 5.21. The monoisotopic (exact) mass is 154 g/mol. The number of aromatic nitrogens is 1. The highest BCUT2D eigenvalue weighted by Gasteiger charge is 2.39. The van der Waals surface area contributed by atoms with Gasteiger partial charge in [0.25, 0.3) is 0 Å². The molecule has 1 saturated heterocycles. The zero-order chi connectivity index (χ0) is 7.90. The van der Waals surface area contributed by atoms with E-state index in [-0.39, 0.29) is 0 Å². The Labute approximate surface area is 64.2 Å². The Morgan fingerprint density at radius 3 is 2.82 bits per heavy atom. The smallest absolute Gasteiger partial charge is 0.171 e. The van der Waals surface area contributed by atoms with Gasteiger partial charge in [0.05, 0.1) is 5.69 Å². The van der Waals surface area contributed by atoms with Crippen molar-refractivity contribution in [3.8, 4) is 0 Å². The van der Waals surface area contributed by atoms with Crippen molar-refractivity contribution >= 4 is 0 Å². The molecule has 1 aliphatic heterocycles. The molecule has 0 aromatic carbocycles. The number of nitrogens with zero attached hydrogens (tertiary/aromatic N) is 1. The van der Waals surface area contributed by atoms with Gasteiger partial charge in [-0.15, -0.1) is 0 Å². The third-order valence-electron chi connectivity index (χ3n) is 1.92. The van der Waals surface area contributed by atoms with Gasteiger partial charge in [-0.05, 0) is 6.92 Å². The van der Waals surface area contributed by atoms with E-state index in [2.05, 4.69) is 10.5 Å². The summed E-state index contributed by atoms with van der Waals surface area (Å²) in [5, 5.41) is 16.4. The van der Waals surface area contributed by atoms with Crippen LogP contribution in [0, 0.1) is 6.92 Å². The molecule has 2 rings (SSSR count). The van der Waals surface area contributed by atoms with Crippen molar-refractivity contribution in [1.82, 2.24) is 10.5 Å². The summed E-state index contributed by atoms with van der Waals surface area (Å²) in [7, 11) is 0. The molecule has 0 atom stereocenters. The van der Waals surface area contributed by atoms with E-state index in [9.17, 15) is 5.11 Å². The van der Waals surface area contributed by atoms with Crippen LogP contribution in [0.2, 0.25) is 0 Å². The molecule has 0 saturated carbocycles. The standard InChI is InChI=1S/C7H10N2O2/c1-5-2-6(11-9-5)7(10)3-8-4-7/h2,8,10H,3-4H2,1H3. The van der Waals surface area contributed by atoms with Crippen molar-refractivity contribution in [2.24, 2.45) is 0 Å². The second kappa shape index (κ2) is 2.06. The minimum absolute atomic E-state index is 0.557. The van der Waals surface area contributed by atoms with Crippen LogP contribution in [0.4, 0.5) is 0 Å². The van der Waals surface area contributed by atoms with Crippen LogP contribution >= 0.6 is 0 Å². The van der Waals surface area contributed by atoms with Gasteiger partial charge in [0.15, 0.2) is 5.76 Å². The maximum absolute atomic E-state index is 9.70. The highest BCUT2D eigenvalue weighted by atomic mass is 16.5. The van der Waals surface area contributed by atoms with E-state index in [1.54, 1.807) is 6.07 Å². The molecule has 0 radical (unpaired) electrons. The number of nitrogens with one attached hydrogen (secondary N) is 1. The molecule has 0 aliphatic carbocycles. The van der Waals surface area contributed by atoms with Gasteiger partial charge in [-0.2, -0.15) is 0 Å². The van der Waals surface area contributed by atoms with Crippen molar-refractivity contribution in [2.75, 3.05) is 13.1 Å². The Morgan fingerprint density at radius 2 is 2.45 bits per heavy atom. The Morgan fingerprint density at radius 1 is 1.73 bits per heavy atom. The fourth-order valence-corrected chi connectivity index (χ4v) is 1.12. The van der Waals surface area contributed by atoms with Crippen molar-refractivity contribution in [2.45, 2.75) is 12.5 Å². The average Bonchev–Trinajstić information content (AvgIpc) is 2.31. The van der Waals surface area contributed by atoms with Crippen molar-refractivity contribution in [3.05, 3.63) is 17.5 Å². The van der Waals surface area contributed by atoms with E-state index in [1.807, 2.05) is 6.92 Å². The van der Waals surface area contributed by atoms with Crippen LogP contribution in [-0.4, -0.2) is 23.4 Å². The van der Waals surface area contributed by atoms with Gasteiger partial charge < -0.3 is 14.9 Å². The van der Waals surface area contributed by atoms with Gasteiger partial charge in [-0.3, -0.25) is 0 Å². The molecule has 60 valence electrons. The van der Waals surface area contributed by atoms with Gasteiger partial charge in [-0.1, -0.05) is 5.16 Å². The summed E-state index contributed by atoms with van der Waals surface area (Å²) in [5.74, 6) is 0.564. The van der Waals surface area contributed by atoms with E-state index in [0.29, 0.717) is 18.8 Å². The van der Waals surface area contributed by atoms with Crippen molar-refractivity contribution in [3.63, 3.8) is 0 Å². The molecule has 0 unspecified atom stereocenters. The topological polar surface area (TPSA) is 58.3 Å². The predicted molar refractivity (Wildman–Crippen MR) is 38.0 cm³/mol. The number of aliphatic hydroxyl groups is 1. The van der Waals surface area contributed by atoms with E-state index in [1.165, 1.54) is 0 Å². The maximum atomic E-state index is 9.70. The molecule has 1 aromatic rings. The maximum Gasteiger partial charge on any atom is 0.171 e. The summed E-state index contributed by atoms with van der Waals surface area (Å²) < 4.78 is 4.93. The highest BCUT2D eigenvalue weighted by molar-refractivity contribution is 5.16. The third-order valence-corrected chi connectivity index (χ3v) is 1.92. The molecule has 1 fully saturated rings. The number of hydrogen-bond donors (Lipinski definition) is 2. The quantitative estimate of drug-likeness (QED) is 0.586. The molecule has 0 bridgehead atoms. The first kappa shape index (κ1) is 6.82. The van der Waals surface area contributed by atoms with Crippen LogP contribution in [-0.2, 0) is 5.60 Å². The van der Waals surface area contributed by atoms with Crippen molar-refractivity contribution < 1.29 is 9.63 Å². The van der Waals surface area contributed by atoms with E-state index in [4.69, 9.17) is 4.52 Å². The minimum Gasteiger partial charge on any atom is -0.379 e. The molecule has 11 heavy (non-hydrogen) atoms. The minimum atomic E-state index is -0.804. The van der Waals surface area contributed by atoms with Gasteiger partial charge in [-0.25, -0.2) is 0 Å². The Bertz CT molecular complexity index is 265. The lowest BCUT2D eigenvalue weighted by Gasteiger charge is -2.34. The molecule has 4 nitrogen and oxygen atoms in total. The third kappa shape index (κ3) is 0.948. The summed E-state index contributed by atoms with van der Waals surface area (Å²) in [5.41, 5.74) is 0.00155. The molecule has 1 aromatic heterocycles. The second-order valence-corrected chi connectivity index (χ2v) is 2.97. The number of rotatable bonds is 1. The van der Waals surface area contributed by atoms with Gasteiger partial charge >= 0.3 is 0 Å². The molecule has 0 amide bonds. The molecule has 2 heterocycles. The Balaban J connectivity index is 2.28. The van der Waals surface area contributed by atoms with Crippen LogP contribution in [0.1, 0.15) is 11.5 Å². The second-order valence-electron chi connectivity index (χ2n) is 2.97. The SMILES string of the molecule is Cc1cc(C2(O)CNC2)on1. The van der Waals surface area contributed by atoms with E-state index in [0.717, 1.165) is 5.69 Å². The normalized spacial score (nSPS) is 21.3. The van der Waals surface area contributed by atoms with Gasteiger partial charge in [0, 0.05) is 19.2 Å². The lowest BCUT2D eigenvalue weighted by molar-refractivity contribution is -0.0372. The summed E-state index contributed by atoms with van der Waals surface area (Å²) in [6.45, 7) is 2.95. The number of aryl methyl sites for hydroxylation is 1. The Hall–Kier alpha value is -0.870. The van der Waals surface area contributed by atoms with Crippen LogP contribution < -0.4 is 5.32 Å². The van der Waals surface area contributed by atoms with E-state index < -0.39 is 5.60 Å². The van der Waals surface area contributed by atoms with Gasteiger partial charge in [0.2, 0.25) is 0 Å². The number of β-amino-alcohol motifs (C(OH)–C–C–N with tert-alkyl or cyclic N) is 1. The van der Waals surface area contributed by atoms with Gasteiger partial charge in [0.1, 0.15) is 5.60 Å². The summed E-state index contributed by atoms with van der Waals surface area (Å²) >= 11 is 0. The number of hydrogen-bond acceptors (Lipinski definition) is 4. The van der Waals surface area contributed by atoms with Crippen LogP contribution in [0.3, 0.4) is 0 Å². The first-order valence-corrected chi connectivity index (χ1v) is 3.58. The van der Waals surface area contributed by atoms with Crippen LogP contribution in [0.25, 0.3) is 0 Å². The zero-order valence-electron chi connectivity index (χ0n) is 6.29. The van der Waals surface area contributed by atoms with E-state index >= 15 is 0 Å². The zero-order valence-corrected chi connectivity index (χ0v) is 6.29. The molecule has 1 aliphatic rings. The molecule has 2 N–H and O–H groups in total. The first-order valence-electron chi connectivity index (χ1n) is 3.58. The summed E-state index contributed by atoms with van der Waals surface area (Å²) in [6, 6.07) is 1.76. The lowest BCUT2D eigenvalue weighted by Crippen LogP contribution is -2.56. The molecular weight excluding hydrogens is 144 g/mol. The fourth-order valence-electron chi connectivity index (χ4n) is 1.12. The Kier molecular flexibility index (Phi) is 1.27. The largest absolute Gasteiger partial charge is 0.379 e. The van der Waals surface area contributed by atoms with Crippen molar-refractivity contribution in [1.29, 1.82) is 0 Å². The predicted octanol–water partition coefficient (Wildman–Crippen LogP) is -0.226. The lowest BCUT2D eigenvalue weighted by atomic mass is 9.94.